The molecular formula is C14H27NO4. The van der Waals surface area contributed by atoms with Crippen LogP contribution in [0.1, 0.15) is 40.5 Å². The van der Waals surface area contributed by atoms with Crippen molar-refractivity contribution in [3.05, 3.63) is 0 Å². The Morgan fingerprint density at radius 2 is 1.89 bits per heavy atom. The number of hydrogen-bond acceptors (Lipinski definition) is 3. The van der Waals surface area contributed by atoms with Gasteiger partial charge >= 0.3 is 5.97 Å². The Bertz CT molecular complexity index is 279. The SMILES string of the molecule is CCOCCCN(CC(C)C(=O)O)C(=O)CC(C)C. The number of hydrogen-bond donors (Lipinski definition) is 1. The van der Waals surface area contributed by atoms with Crippen molar-refractivity contribution in [1.29, 1.82) is 0 Å². The molecule has 5 heteroatoms. The van der Waals surface area contributed by atoms with Gasteiger partial charge in [-0.25, -0.2) is 0 Å². The number of rotatable bonds is 10. The lowest BCUT2D eigenvalue weighted by molar-refractivity contribution is -0.143. The van der Waals surface area contributed by atoms with Crippen molar-refractivity contribution in [2.45, 2.75) is 40.5 Å². The molecule has 0 saturated heterocycles. The predicted molar refractivity (Wildman–Crippen MR) is 73.9 cm³/mol. The molecule has 1 N–H and O–H groups in total. The third-order valence-electron chi connectivity index (χ3n) is 2.77. The highest BCUT2D eigenvalue weighted by Crippen LogP contribution is 2.08. The van der Waals surface area contributed by atoms with Gasteiger partial charge in [0.2, 0.25) is 5.91 Å². The second kappa shape index (κ2) is 9.78. The van der Waals surface area contributed by atoms with Crippen LogP contribution in [0, 0.1) is 11.8 Å². The summed E-state index contributed by atoms with van der Waals surface area (Å²) in [5, 5.41) is 8.94. The van der Waals surface area contributed by atoms with E-state index in [4.69, 9.17) is 9.84 Å². The highest BCUT2D eigenvalue weighted by Gasteiger charge is 2.20. The molecule has 0 saturated carbocycles. The number of amides is 1. The number of carbonyl (C=O) groups excluding carboxylic acids is 1. The van der Waals surface area contributed by atoms with E-state index in [1.165, 1.54) is 0 Å². The van der Waals surface area contributed by atoms with Crippen molar-refractivity contribution in [2.24, 2.45) is 11.8 Å². The minimum Gasteiger partial charge on any atom is -0.481 e. The molecule has 0 rings (SSSR count). The van der Waals surface area contributed by atoms with Crippen LogP contribution in [0.25, 0.3) is 0 Å². The van der Waals surface area contributed by atoms with E-state index in [-0.39, 0.29) is 18.4 Å². The Balaban J connectivity index is 4.36. The standard InChI is InChI=1S/C14H27NO4/c1-5-19-8-6-7-15(10-12(4)14(17)18)13(16)9-11(2)3/h11-12H,5-10H2,1-4H3,(H,17,18). The fourth-order valence-corrected chi connectivity index (χ4v) is 1.71. The van der Waals surface area contributed by atoms with E-state index in [1.807, 2.05) is 20.8 Å². The largest absolute Gasteiger partial charge is 0.481 e. The van der Waals surface area contributed by atoms with Gasteiger partial charge in [-0.2, -0.15) is 0 Å². The van der Waals surface area contributed by atoms with Gasteiger partial charge in [-0.15, -0.1) is 0 Å². The molecule has 0 aromatic carbocycles. The summed E-state index contributed by atoms with van der Waals surface area (Å²) in [6.45, 7) is 9.60. The van der Waals surface area contributed by atoms with Gasteiger partial charge in [0.15, 0.2) is 0 Å². The molecule has 1 unspecified atom stereocenters. The smallest absolute Gasteiger partial charge is 0.308 e. The molecular weight excluding hydrogens is 246 g/mol. The van der Waals surface area contributed by atoms with Crippen LogP contribution in [0.5, 0.6) is 0 Å². The highest BCUT2D eigenvalue weighted by atomic mass is 16.5. The van der Waals surface area contributed by atoms with E-state index in [9.17, 15) is 9.59 Å². The zero-order valence-corrected chi connectivity index (χ0v) is 12.5. The maximum atomic E-state index is 12.1. The van der Waals surface area contributed by atoms with Crippen molar-refractivity contribution in [3.63, 3.8) is 0 Å². The molecule has 112 valence electrons. The van der Waals surface area contributed by atoms with Gasteiger partial charge in [-0.1, -0.05) is 20.8 Å². The van der Waals surface area contributed by atoms with Crippen LogP contribution in [-0.2, 0) is 14.3 Å². The Morgan fingerprint density at radius 3 is 2.37 bits per heavy atom. The third-order valence-corrected chi connectivity index (χ3v) is 2.77. The van der Waals surface area contributed by atoms with E-state index < -0.39 is 11.9 Å². The minimum atomic E-state index is -0.868. The molecule has 0 radical (unpaired) electrons. The fraction of sp³-hybridized carbons (Fsp3) is 0.857. The molecule has 19 heavy (non-hydrogen) atoms. The van der Waals surface area contributed by atoms with Crippen LogP contribution in [0.3, 0.4) is 0 Å². The molecule has 0 aliphatic carbocycles. The van der Waals surface area contributed by atoms with Gasteiger partial charge in [0.1, 0.15) is 0 Å². The average Bonchev–Trinajstić information content (AvgIpc) is 2.31. The number of carbonyl (C=O) groups is 2. The summed E-state index contributed by atoms with van der Waals surface area (Å²) in [7, 11) is 0. The molecule has 0 fully saturated rings. The summed E-state index contributed by atoms with van der Waals surface area (Å²) in [5.74, 6) is -1.10. The zero-order valence-electron chi connectivity index (χ0n) is 12.5. The van der Waals surface area contributed by atoms with Gasteiger partial charge in [0, 0.05) is 32.7 Å². The fourth-order valence-electron chi connectivity index (χ4n) is 1.71. The van der Waals surface area contributed by atoms with Gasteiger partial charge in [0.25, 0.3) is 0 Å². The van der Waals surface area contributed by atoms with Crippen molar-refractivity contribution in [3.8, 4) is 0 Å². The van der Waals surface area contributed by atoms with Crippen LogP contribution < -0.4 is 0 Å². The van der Waals surface area contributed by atoms with E-state index in [0.29, 0.717) is 26.2 Å². The number of aliphatic carboxylic acids is 1. The molecule has 0 aliphatic rings. The Kier molecular flexibility index (Phi) is 9.21. The second-order valence-electron chi connectivity index (χ2n) is 5.23. The molecule has 0 aliphatic heterocycles. The van der Waals surface area contributed by atoms with E-state index >= 15 is 0 Å². The van der Waals surface area contributed by atoms with E-state index in [0.717, 1.165) is 6.42 Å². The normalized spacial score (nSPS) is 12.5. The summed E-state index contributed by atoms with van der Waals surface area (Å²) in [4.78, 5) is 24.6. The van der Waals surface area contributed by atoms with Crippen LogP contribution in [0.2, 0.25) is 0 Å². The molecule has 0 spiro atoms. The van der Waals surface area contributed by atoms with Gasteiger partial charge in [-0.3, -0.25) is 9.59 Å². The second-order valence-corrected chi connectivity index (χ2v) is 5.23. The first-order valence-corrected chi connectivity index (χ1v) is 6.96. The number of carboxylic acid groups (broad SMARTS) is 1. The first kappa shape index (κ1) is 17.9. The van der Waals surface area contributed by atoms with Crippen molar-refractivity contribution < 1.29 is 19.4 Å². The van der Waals surface area contributed by atoms with Crippen molar-refractivity contribution in [2.75, 3.05) is 26.3 Å². The summed E-state index contributed by atoms with van der Waals surface area (Å²) < 4.78 is 5.24. The lowest BCUT2D eigenvalue weighted by Gasteiger charge is -2.25. The summed E-state index contributed by atoms with van der Waals surface area (Å²) in [6, 6.07) is 0. The first-order chi connectivity index (χ1) is 8.88. The van der Waals surface area contributed by atoms with Gasteiger partial charge < -0.3 is 14.7 Å². The van der Waals surface area contributed by atoms with Crippen LogP contribution >= 0.6 is 0 Å². The maximum absolute atomic E-state index is 12.1. The lowest BCUT2D eigenvalue weighted by Crippen LogP contribution is -2.38. The third kappa shape index (κ3) is 8.59. The Labute approximate surface area is 115 Å². The molecule has 0 bridgehead atoms. The average molecular weight is 273 g/mol. The molecule has 1 atom stereocenters. The maximum Gasteiger partial charge on any atom is 0.308 e. The summed E-state index contributed by atoms with van der Waals surface area (Å²) in [5.41, 5.74) is 0. The molecule has 0 aromatic rings. The number of nitrogens with zero attached hydrogens (tertiary/aromatic N) is 1. The molecule has 0 heterocycles. The van der Waals surface area contributed by atoms with Gasteiger partial charge in [0.05, 0.1) is 5.92 Å². The molecule has 0 aromatic heterocycles. The highest BCUT2D eigenvalue weighted by molar-refractivity contribution is 5.77. The zero-order chi connectivity index (χ0) is 14.8. The van der Waals surface area contributed by atoms with Crippen LogP contribution in [-0.4, -0.2) is 48.2 Å². The van der Waals surface area contributed by atoms with Crippen molar-refractivity contribution >= 4 is 11.9 Å². The summed E-state index contributed by atoms with van der Waals surface area (Å²) in [6.07, 6.45) is 1.20. The molecule has 1 amide bonds. The number of ether oxygens (including phenoxy) is 1. The Hall–Kier alpha value is -1.10. The lowest BCUT2D eigenvalue weighted by atomic mass is 10.1. The van der Waals surface area contributed by atoms with Gasteiger partial charge in [-0.05, 0) is 19.3 Å². The van der Waals surface area contributed by atoms with E-state index in [2.05, 4.69) is 0 Å². The monoisotopic (exact) mass is 273 g/mol. The first-order valence-electron chi connectivity index (χ1n) is 6.96. The Morgan fingerprint density at radius 1 is 1.26 bits per heavy atom. The molecule has 5 nitrogen and oxygen atoms in total. The topological polar surface area (TPSA) is 66.8 Å². The minimum absolute atomic E-state index is 0.0274. The quantitative estimate of drug-likeness (QED) is 0.618. The number of carboxylic acids is 1. The summed E-state index contributed by atoms with van der Waals surface area (Å²) >= 11 is 0. The van der Waals surface area contributed by atoms with E-state index in [1.54, 1.807) is 11.8 Å². The van der Waals surface area contributed by atoms with Crippen LogP contribution in [0.15, 0.2) is 0 Å². The van der Waals surface area contributed by atoms with Crippen molar-refractivity contribution in [1.82, 2.24) is 4.90 Å². The van der Waals surface area contributed by atoms with Crippen LogP contribution in [0.4, 0.5) is 0 Å². The predicted octanol–water partition coefficient (Wildman–Crippen LogP) is 2.01.